The molecule has 4 heterocycles. The van der Waals surface area contributed by atoms with Crippen molar-refractivity contribution in [3.05, 3.63) is 73.1 Å². The van der Waals surface area contributed by atoms with E-state index in [1.165, 1.54) is 23.9 Å². The molecule has 36 heavy (non-hydrogen) atoms. The van der Waals surface area contributed by atoms with E-state index in [-0.39, 0.29) is 22.5 Å². The first-order chi connectivity index (χ1) is 17.1. The van der Waals surface area contributed by atoms with Crippen molar-refractivity contribution in [1.82, 2.24) is 28.5 Å². The Morgan fingerprint density at radius 3 is 2.61 bits per heavy atom. The van der Waals surface area contributed by atoms with Crippen LogP contribution in [0.4, 0.5) is 0 Å². The zero-order chi connectivity index (χ0) is 25.9. The van der Waals surface area contributed by atoms with E-state index in [4.69, 9.17) is 5.10 Å². The highest BCUT2D eigenvalue weighted by Gasteiger charge is 2.25. The number of nitrogens with zero attached hydrogens (tertiary/aromatic N) is 5. The van der Waals surface area contributed by atoms with Gasteiger partial charge in [-0.1, -0.05) is 29.8 Å². The number of nitrogens with one attached hydrogen (secondary N) is 1. The molecule has 10 nitrogen and oxygen atoms in total. The lowest BCUT2D eigenvalue weighted by atomic mass is 10.1. The molecule has 11 heteroatoms. The summed E-state index contributed by atoms with van der Waals surface area (Å²) >= 11 is 3.52. The van der Waals surface area contributed by atoms with Crippen LogP contribution in [0.25, 0.3) is 33.3 Å². The van der Waals surface area contributed by atoms with Gasteiger partial charge >= 0.3 is 11.7 Å². The number of carboxylic acids is 1. The number of aromatic carboxylic acids is 1. The first-order valence-electron chi connectivity index (χ1n) is 11.4. The zero-order valence-electron chi connectivity index (χ0n) is 20.2. The molecule has 186 valence electrons. The third kappa shape index (κ3) is 3.79. The number of aromatic amines is 1. The smallest absolute Gasteiger partial charge is 0.337 e. The average molecular weight is 553 g/mol. The van der Waals surface area contributed by atoms with Gasteiger partial charge in [0.25, 0.3) is 5.56 Å². The number of aryl methyl sites for hydroxylation is 1. The van der Waals surface area contributed by atoms with Crippen molar-refractivity contribution in [1.29, 1.82) is 0 Å². The summed E-state index contributed by atoms with van der Waals surface area (Å²) in [6, 6.07) is 7.44. The lowest BCUT2D eigenvalue weighted by Crippen LogP contribution is -2.38. The van der Waals surface area contributed by atoms with Gasteiger partial charge in [-0.05, 0) is 35.7 Å². The first kappa shape index (κ1) is 23.9. The number of aromatic nitrogens is 6. The number of carboxylic acid groups (broad SMARTS) is 1. The molecule has 0 atom stereocenters. The standard InChI is InChI=1S/C25H25BrN6O4/c1-13(2)10-31-22-20(23(33)30(4)25(31)36)21(19-7-14(24(34)35)11-29(19)3)32(28-22)12-15-9-27-18-6-5-16(26)8-17(15)18/h5-9,11,13,27H,10,12H2,1-4H3,(H,34,35). The average Bonchev–Trinajstić information content (AvgIpc) is 3.50. The molecule has 0 amide bonds. The van der Waals surface area contributed by atoms with Crippen LogP contribution in [-0.4, -0.2) is 39.5 Å². The quantitative estimate of drug-likeness (QED) is 0.333. The molecule has 0 aliphatic carbocycles. The summed E-state index contributed by atoms with van der Waals surface area (Å²) in [5.41, 5.74) is 2.32. The maximum absolute atomic E-state index is 13.5. The minimum Gasteiger partial charge on any atom is -0.478 e. The van der Waals surface area contributed by atoms with E-state index in [0.717, 1.165) is 25.5 Å². The van der Waals surface area contributed by atoms with E-state index in [1.54, 1.807) is 16.3 Å². The second-order valence-electron chi connectivity index (χ2n) is 9.39. The van der Waals surface area contributed by atoms with Crippen molar-refractivity contribution < 1.29 is 9.90 Å². The van der Waals surface area contributed by atoms with Crippen LogP contribution in [0.5, 0.6) is 0 Å². The van der Waals surface area contributed by atoms with E-state index in [9.17, 15) is 19.5 Å². The number of benzene rings is 1. The lowest BCUT2D eigenvalue weighted by Gasteiger charge is -2.11. The SMILES string of the molecule is CC(C)Cn1c(=O)n(C)c(=O)c2c(-c3cc(C(=O)O)cn3C)n(Cc3c[nH]c4ccc(Br)cc34)nc21. The van der Waals surface area contributed by atoms with E-state index in [2.05, 4.69) is 20.9 Å². The summed E-state index contributed by atoms with van der Waals surface area (Å²) in [6.07, 6.45) is 3.39. The van der Waals surface area contributed by atoms with Crippen LogP contribution in [0.2, 0.25) is 0 Å². The molecule has 0 saturated carbocycles. The topological polar surface area (TPSA) is 120 Å². The van der Waals surface area contributed by atoms with Gasteiger partial charge < -0.3 is 14.7 Å². The number of rotatable bonds is 6. The van der Waals surface area contributed by atoms with Gasteiger partial charge in [-0.2, -0.15) is 5.10 Å². The second-order valence-corrected chi connectivity index (χ2v) is 10.3. The van der Waals surface area contributed by atoms with Gasteiger partial charge in [-0.15, -0.1) is 0 Å². The van der Waals surface area contributed by atoms with Crippen LogP contribution in [0.15, 0.2) is 50.7 Å². The normalized spacial score (nSPS) is 11.8. The van der Waals surface area contributed by atoms with Crippen LogP contribution < -0.4 is 11.2 Å². The van der Waals surface area contributed by atoms with Crippen molar-refractivity contribution >= 4 is 43.8 Å². The molecule has 0 saturated heterocycles. The number of hydrogen-bond acceptors (Lipinski definition) is 4. The molecular weight excluding hydrogens is 528 g/mol. The predicted molar refractivity (Wildman–Crippen MR) is 141 cm³/mol. The first-order valence-corrected chi connectivity index (χ1v) is 12.2. The van der Waals surface area contributed by atoms with Crippen molar-refractivity contribution in [3.8, 4) is 11.4 Å². The third-order valence-electron chi connectivity index (χ3n) is 6.32. The third-order valence-corrected chi connectivity index (χ3v) is 6.81. The lowest BCUT2D eigenvalue weighted by molar-refractivity contribution is 0.0697. The van der Waals surface area contributed by atoms with Gasteiger partial charge in [-0.3, -0.25) is 18.6 Å². The predicted octanol–water partition coefficient (Wildman–Crippen LogP) is 3.55. The molecule has 5 rings (SSSR count). The van der Waals surface area contributed by atoms with Crippen LogP contribution in [-0.2, 0) is 27.2 Å². The monoisotopic (exact) mass is 552 g/mol. The summed E-state index contributed by atoms with van der Waals surface area (Å²) in [6.45, 7) is 4.66. The van der Waals surface area contributed by atoms with Crippen molar-refractivity contribution in [3.63, 3.8) is 0 Å². The summed E-state index contributed by atoms with van der Waals surface area (Å²) in [7, 11) is 3.18. The fraction of sp³-hybridized carbons (Fsp3) is 0.280. The molecule has 0 radical (unpaired) electrons. The molecule has 2 N–H and O–H groups in total. The fourth-order valence-electron chi connectivity index (χ4n) is 4.63. The fourth-order valence-corrected chi connectivity index (χ4v) is 4.99. The molecule has 0 aliphatic heterocycles. The molecule has 0 bridgehead atoms. The minimum absolute atomic E-state index is 0.0942. The Morgan fingerprint density at radius 1 is 1.19 bits per heavy atom. The van der Waals surface area contributed by atoms with Gasteiger partial charge in [0.2, 0.25) is 0 Å². The highest BCUT2D eigenvalue weighted by atomic mass is 79.9. The Morgan fingerprint density at radius 2 is 1.94 bits per heavy atom. The van der Waals surface area contributed by atoms with Crippen LogP contribution >= 0.6 is 15.9 Å². The van der Waals surface area contributed by atoms with Gasteiger partial charge in [0, 0.05) is 48.4 Å². The highest BCUT2D eigenvalue weighted by Crippen LogP contribution is 2.30. The summed E-state index contributed by atoms with van der Waals surface area (Å²) in [5.74, 6) is -0.935. The van der Waals surface area contributed by atoms with Gasteiger partial charge in [-0.25, -0.2) is 9.59 Å². The van der Waals surface area contributed by atoms with E-state index in [0.29, 0.717) is 24.5 Å². The number of halogens is 1. The van der Waals surface area contributed by atoms with Crippen molar-refractivity contribution in [2.24, 2.45) is 20.0 Å². The summed E-state index contributed by atoms with van der Waals surface area (Å²) in [4.78, 5) is 41.5. The van der Waals surface area contributed by atoms with Crippen molar-refractivity contribution in [2.45, 2.75) is 26.9 Å². The Hall–Kier alpha value is -3.86. The van der Waals surface area contributed by atoms with E-state index >= 15 is 0 Å². The largest absolute Gasteiger partial charge is 0.478 e. The number of carbonyl (C=O) groups is 1. The zero-order valence-corrected chi connectivity index (χ0v) is 21.8. The molecule has 0 unspecified atom stereocenters. The van der Waals surface area contributed by atoms with Gasteiger partial charge in [0.15, 0.2) is 5.65 Å². The number of fused-ring (bicyclic) bond motifs is 2. The Balaban J connectivity index is 1.85. The van der Waals surface area contributed by atoms with E-state index in [1.807, 2.05) is 38.2 Å². The molecular formula is C25H25BrN6O4. The summed E-state index contributed by atoms with van der Waals surface area (Å²) in [5, 5.41) is 15.6. The highest BCUT2D eigenvalue weighted by molar-refractivity contribution is 9.10. The maximum Gasteiger partial charge on any atom is 0.337 e. The van der Waals surface area contributed by atoms with E-state index < -0.39 is 17.2 Å². The van der Waals surface area contributed by atoms with Crippen LogP contribution in [0, 0.1) is 5.92 Å². The Labute approximate surface area is 213 Å². The maximum atomic E-state index is 13.5. The second kappa shape index (κ2) is 8.66. The van der Waals surface area contributed by atoms with Crippen molar-refractivity contribution in [2.75, 3.05) is 0 Å². The molecule has 0 spiro atoms. The van der Waals surface area contributed by atoms with Gasteiger partial charge in [0.1, 0.15) is 11.1 Å². The molecule has 0 fully saturated rings. The van der Waals surface area contributed by atoms with Gasteiger partial charge in [0.05, 0.1) is 17.8 Å². The Bertz CT molecular complexity index is 1780. The molecule has 1 aromatic carbocycles. The Kier molecular flexibility index (Phi) is 5.74. The minimum atomic E-state index is -1.07. The number of hydrogen-bond donors (Lipinski definition) is 2. The molecule has 4 aromatic heterocycles. The number of H-pyrrole nitrogens is 1. The van der Waals surface area contributed by atoms with Crippen LogP contribution in [0.3, 0.4) is 0 Å². The van der Waals surface area contributed by atoms with Crippen LogP contribution in [0.1, 0.15) is 29.8 Å². The molecule has 5 aromatic rings. The molecule has 0 aliphatic rings. The summed E-state index contributed by atoms with van der Waals surface area (Å²) < 4.78 is 6.89.